The Hall–Kier alpha value is -1.56. The molecule has 0 radical (unpaired) electrons. The summed E-state index contributed by atoms with van der Waals surface area (Å²) in [5.41, 5.74) is 1.41. The minimum atomic E-state index is -0.395. The van der Waals surface area contributed by atoms with Crippen molar-refractivity contribution in [1.82, 2.24) is 0 Å². The first-order chi connectivity index (χ1) is 6.20. The van der Waals surface area contributed by atoms with Crippen molar-refractivity contribution >= 4 is 12.3 Å². The van der Waals surface area contributed by atoms with E-state index in [4.69, 9.17) is 11.2 Å². The van der Waals surface area contributed by atoms with Crippen LogP contribution >= 0.6 is 0 Å². The van der Waals surface area contributed by atoms with Gasteiger partial charge >= 0.3 is 0 Å². The number of carbonyl (C=O) groups is 2. The van der Waals surface area contributed by atoms with E-state index in [-0.39, 0.29) is 12.2 Å². The van der Waals surface area contributed by atoms with Crippen LogP contribution in [0.2, 0.25) is 0 Å². The molecule has 0 heterocycles. The third kappa shape index (κ3) is 1.78. The molecule has 0 aromatic carbocycles. The molecule has 13 heavy (non-hydrogen) atoms. The normalized spacial score (nSPS) is 21.5. The molecule has 0 bridgehead atoms. The topological polar surface area (TPSA) is 43.4 Å². The first-order valence-electron chi connectivity index (χ1n) is 3.96. The Labute approximate surface area is 76.8 Å². The fourth-order valence-electron chi connectivity index (χ4n) is 1.42. The Kier molecular flexibility index (Phi) is 2.86. The molecule has 1 aliphatic carbocycles. The van der Waals surface area contributed by atoms with E-state index in [2.05, 4.69) is 5.92 Å². The van der Waals surface area contributed by atoms with Gasteiger partial charge in [0.05, 0.1) is 6.42 Å². The van der Waals surface area contributed by atoms with Gasteiger partial charge in [-0.1, -0.05) is 0 Å². The maximum Gasteiger partial charge on any atom is 0.293 e. The summed E-state index contributed by atoms with van der Waals surface area (Å²) in [4.78, 5) is 21.4. The van der Waals surface area contributed by atoms with E-state index in [0.717, 1.165) is 5.57 Å². The summed E-state index contributed by atoms with van der Waals surface area (Å²) < 4.78 is 4.73. The van der Waals surface area contributed by atoms with E-state index in [1.807, 2.05) is 0 Å². The summed E-state index contributed by atoms with van der Waals surface area (Å²) in [6, 6.07) is 0. The zero-order valence-electron chi connectivity index (χ0n) is 7.37. The molecule has 0 N–H and O–H groups in total. The Morgan fingerprint density at radius 3 is 3.00 bits per heavy atom. The summed E-state index contributed by atoms with van der Waals surface area (Å²) >= 11 is 0. The van der Waals surface area contributed by atoms with Gasteiger partial charge in [-0.25, -0.2) is 0 Å². The maximum atomic E-state index is 11.3. The van der Waals surface area contributed by atoms with Gasteiger partial charge in [0.15, 0.2) is 5.78 Å². The van der Waals surface area contributed by atoms with E-state index in [0.29, 0.717) is 18.5 Å². The number of Topliss-reactive ketones (excluding diaryl/α,β-unsaturated/α-hetero) is 1. The van der Waals surface area contributed by atoms with Crippen molar-refractivity contribution in [2.45, 2.75) is 25.9 Å². The largest absolute Gasteiger partial charge is 0.460 e. The first-order valence-corrected chi connectivity index (χ1v) is 3.96. The Balaban J connectivity index is 2.84. The molecule has 3 heteroatoms. The second kappa shape index (κ2) is 3.90. The molecule has 1 atom stereocenters. The van der Waals surface area contributed by atoms with Crippen LogP contribution in [0.1, 0.15) is 19.8 Å². The van der Waals surface area contributed by atoms with Crippen molar-refractivity contribution in [3.8, 4) is 12.3 Å². The first kappa shape index (κ1) is 9.53. The van der Waals surface area contributed by atoms with Gasteiger partial charge in [-0.05, 0) is 12.5 Å². The number of ketones is 1. The van der Waals surface area contributed by atoms with Gasteiger partial charge in [0, 0.05) is 12.0 Å². The van der Waals surface area contributed by atoms with E-state index < -0.39 is 6.10 Å². The lowest BCUT2D eigenvalue weighted by Gasteiger charge is -2.07. The van der Waals surface area contributed by atoms with Crippen molar-refractivity contribution in [3.05, 3.63) is 11.1 Å². The molecular formula is C10H10O3. The third-order valence-corrected chi connectivity index (χ3v) is 2.17. The van der Waals surface area contributed by atoms with Crippen LogP contribution in [0.25, 0.3) is 0 Å². The van der Waals surface area contributed by atoms with Crippen LogP contribution in [0.3, 0.4) is 0 Å². The summed E-state index contributed by atoms with van der Waals surface area (Å²) in [6.45, 7) is 2.13. The van der Waals surface area contributed by atoms with Gasteiger partial charge in [-0.3, -0.25) is 9.59 Å². The van der Waals surface area contributed by atoms with Crippen molar-refractivity contribution < 1.29 is 14.3 Å². The average molecular weight is 178 g/mol. The molecule has 1 aliphatic rings. The molecule has 0 aromatic rings. The number of carbonyl (C=O) groups excluding carboxylic acids is 2. The highest BCUT2D eigenvalue weighted by Gasteiger charge is 2.29. The minimum absolute atomic E-state index is 0.0118. The minimum Gasteiger partial charge on any atom is -0.460 e. The Bertz CT molecular complexity index is 307. The molecule has 68 valence electrons. The molecular weight excluding hydrogens is 168 g/mol. The number of rotatable bonds is 3. The maximum absolute atomic E-state index is 11.3. The molecule has 0 spiro atoms. The number of terminal acetylenes is 1. The van der Waals surface area contributed by atoms with Crippen molar-refractivity contribution in [3.63, 3.8) is 0 Å². The SMILES string of the molecule is C#CCC1=C(C)C(OC=O)CC1=O. The number of allylic oxidation sites excluding steroid dienone is 1. The van der Waals surface area contributed by atoms with Gasteiger partial charge in [0.1, 0.15) is 6.10 Å². The van der Waals surface area contributed by atoms with E-state index in [1.54, 1.807) is 6.92 Å². The van der Waals surface area contributed by atoms with Crippen LogP contribution in [0, 0.1) is 12.3 Å². The summed E-state index contributed by atoms with van der Waals surface area (Å²) in [5.74, 6) is 2.40. The molecule has 0 amide bonds. The van der Waals surface area contributed by atoms with Crippen LogP contribution in [0.4, 0.5) is 0 Å². The lowest BCUT2D eigenvalue weighted by Crippen LogP contribution is -2.10. The van der Waals surface area contributed by atoms with Gasteiger partial charge in [-0.2, -0.15) is 0 Å². The van der Waals surface area contributed by atoms with Crippen LogP contribution < -0.4 is 0 Å². The molecule has 1 rings (SSSR count). The molecule has 0 saturated heterocycles. The fraction of sp³-hybridized carbons (Fsp3) is 0.400. The predicted octanol–water partition coefficient (Wildman–Crippen LogP) is 0.841. The summed E-state index contributed by atoms with van der Waals surface area (Å²) in [6.07, 6.45) is 5.27. The standard InChI is InChI=1S/C10H10O3/c1-3-4-8-7(2)10(13-6-11)5-9(8)12/h1,6,10H,4-5H2,2H3. The summed E-state index contributed by atoms with van der Waals surface area (Å²) in [5, 5.41) is 0. The Morgan fingerprint density at radius 2 is 2.46 bits per heavy atom. The zero-order chi connectivity index (χ0) is 9.84. The highest BCUT2D eigenvalue weighted by atomic mass is 16.5. The van der Waals surface area contributed by atoms with E-state index >= 15 is 0 Å². The predicted molar refractivity (Wildman–Crippen MR) is 46.7 cm³/mol. The molecule has 1 unspecified atom stereocenters. The quantitative estimate of drug-likeness (QED) is 0.475. The molecule has 0 saturated carbocycles. The highest BCUT2D eigenvalue weighted by Crippen LogP contribution is 2.26. The van der Waals surface area contributed by atoms with Crippen molar-refractivity contribution in [2.75, 3.05) is 0 Å². The highest BCUT2D eigenvalue weighted by molar-refractivity contribution is 6.00. The van der Waals surface area contributed by atoms with E-state index in [9.17, 15) is 9.59 Å². The molecule has 0 aliphatic heterocycles. The smallest absolute Gasteiger partial charge is 0.293 e. The van der Waals surface area contributed by atoms with Crippen LogP contribution in [-0.4, -0.2) is 18.4 Å². The molecule has 0 fully saturated rings. The van der Waals surface area contributed by atoms with Gasteiger partial charge in [0.25, 0.3) is 6.47 Å². The van der Waals surface area contributed by atoms with E-state index in [1.165, 1.54) is 0 Å². The van der Waals surface area contributed by atoms with Crippen LogP contribution in [0.5, 0.6) is 0 Å². The van der Waals surface area contributed by atoms with Gasteiger partial charge in [-0.15, -0.1) is 12.3 Å². The lowest BCUT2D eigenvalue weighted by molar-refractivity contribution is -0.132. The average Bonchev–Trinajstić information content (AvgIpc) is 2.34. The number of ether oxygens (including phenoxy) is 1. The Morgan fingerprint density at radius 1 is 1.77 bits per heavy atom. The van der Waals surface area contributed by atoms with Crippen LogP contribution in [-0.2, 0) is 14.3 Å². The monoisotopic (exact) mass is 178 g/mol. The van der Waals surface area contributed by atoms with Crippen LogP contribution in [0.15, 0.2) is 11.1 Å². The zero-order valence-corrected chi connectivity index (χ0v) is 7.37. The fourth-order valence-corrected chi connectivity index (χ4v) is 1.42. The molecule has 0 aromatic heterocycles. The lowest BCUT2D eigenvalue weighted by atomic mass is 10.1. The number of hydrogen-bond donors (Lipinski definition) is 0. The third-order valence-electron chi connectivity index (χ3n) is 2.17. The second-order valence-corrected chi connectivity index (χ2v) is 2.89. The number of hydrogen-bond acceptors (Lipinski definition) is 3. The van der Waals surface area contributed by atoms with Crippen molar-refractivity contribution in [2.24, 2.45) is 0 Å². The van der Waals surface area contributed by atoms with Gasteiger partial charge in [0.2, 0.25) is 0 Å². The second-order valence-electron chi connectivity index (χ2n) is 2.89. The molecule has 3 nitrogen and oxygen atoms in total. The summed E-state index contributed by atoms with van der Waals surface area (Å²) in [7, 11) is 0. The van der Waals surface area contributed by atoms with Crippen molar-refractivity contribution in [1.29, 1.82) is 0 Å². The van der Waals surface area contributed by atoms with Gasteiger partial charge < -0.3 is 4.74 Å².